The van der Waals surface area contributed by atoms with E-state index in [1.165, 1.54) is 25.1 Å². The number of alkyl halides is 6. The number of aryl methyl sites for hydroxylation is 2. The van der Waals surface area contributed by atoms with Crippen molar-refractivity contribution in [2.45, 2.75) is 98.2 Å². The van der Waals surface area contributed by atoms with Crippen molar-refractivity contribution in [1.29, 1.82) is 0 Å². The van der Waals surface area contributed by atoms with Crippen LogP contribution in [0.25, 0.3) is 22.9 Å². The number of carboxylic acids is 1. The van der Waals surface area contributed by atoms with Crippen molar-refractivity contribution in [1.82, 2.24) is 9.97 Å². The molecule has 50 heavy (non-hydrogen) atoms. The molecular weight excluding hydrogens is 781 g/mol. The molecule has 14 heteroatoms. The lowest BCUT2D eigenvalue weighted by molar-refractivity contribution is -0.147. The molecule has 0 spiro atoms. The van der Waals surface area contributed by atoms with Crippen LogP contribution in [-0.4, -0.2) is 27.1 Å². The highest BCUT2D eigenvalue weighted by molar-refractivity contribution is 14.1. The Hall–Kier alpha value is -3.40. The predicted molar refractivity (Wildman–Crippen MR) is 182 cm³/mol. The van der Waals surface area contributed by atoms with Crippen LogP contribution in [0.5, 0.6) is 0 Å². The van der Waals surface area contributed by atoms with Gasteiger partial charge in [0.1, 0.15) is 20.9 Å². The Balaban J connectivity index is 0.000000263. The Morgan fingerprint density at radius 1 is 0.940 bits per heavy atom. The average molecular weight is 821 g/mol. The number of rotatable bonds is 9. The number of benzene rings is 2. The van der Waals surface area contributed by atoms with Gasteiger partial charge in [0.15, 0.2) is 0 Å². The van der Waals surface area contributed by atoms with Crippen LogP contribution < -0.4 is 0 Å². The van der Waals surface area contributed by atoms with Gasteiger partial charge in [0.2, 0.25) is 11.8 Å². The van der Waals surface area contributed by atoms with Gasteiger partial charge in [-0.2, -0.15) is 26.3 Å². The highest BCUT2D eigenvalue weighted by atomic mass is 127. The number of ether oxygens (including phenoxy) is 1. The van der Waals surface area contributed by atoms with E-state index < -0.39 is 34.9 Å². The smallest absolute Gasteiger partial charge is 0.416 e. The van der Waals surface area contributed by atoms with E-state index in [2.05, 4.69) is 9.97 Å². The number of aliphatic carboxylic acids is 1. The van der Waals surface area contributed by atoms with E-state index in [1.54, 1.807) is 33.8 Å². The molecular formula is C36H39F6IN2O5. The fourth-order valence-corrected chi connectivity index (χ4v) is 6.03. The van der Waals surface area contributed by atoms with Gasteiger partial charge < -0.3 is 18.7 Å². The fourth-order valence-electron chi connectivity index (χ4n) is 5.71. The third kappa shape index (κ3) is 10.1. The van der Waals surface area contributed by atoms with Crippen molar-refractivity contribution in [3.63, 3.8) is 0 Å². The first kappa shape index (κ1) is 39.4. The Morgan fingerprint density at radius 3 is 2.24 bits per heavy atom. The Kier molecular flexibility index (Phi) is 12.5. The van der Waals surface area contributed by atoms with Gasteiger partial charge in [-0.25, -0.2) is 9.97 Å². The number of hydrogen-bond donors (Lipinski definition) is 1. The van der Waals surface area contributed by atoms with Gasteiger partial charge in [0.25, 0.3) is 0 Å². The number of nitrogens with zero attached hydrogens (tertiary/aromatic N) is 2. The van der Waals surface area contributed by atoms with Crippen LogP contribution in [0.1, 0.15) is 86.3 Å². The molecule has 0 bridgehead atoms. The zero-order valence-electron chi connectivity index (χ0n) is 28.3. The minimum absolute atomic E-state index is 0.0507. The lowest BCUT2D eigenvalue weighted by atomic mass is 9.79. The molecule has 0 radical (unpaired) electrons. The molecule has 2 atom stereocenters. The molecule has 4 aromatic rings. The normalized spacial score (nSPS) is 17.0. The molecule has 1 aliphatic carbocycles. The molecule has 0 amide bonds. The molecule has 5 rings (SSSR count). The first-order valence-electron chi connectivity index (χ1n) is 16.0. The maximum Gasteiger partial charge on any atom is 0.416 e. The topological polar surface area (TPSA) is 98.6 Å². The second-order valence-corrected chi connectivity index (χ2v) is 14.2. The average Bonchev–Trinajstić information content (AvgIpc) is 3.58. The van der Waals surface area contributed by atoms with E-state index >= 15 is 0 Å². The van der Waals surface area contributed by atoms with Crippen LogP contribution >= 0.6 is 22.6 Å². The fraction of sp³-hybridized carbons (Fsp3) is 0.472. The van der Waals surface area contributed by atoms with E-state index in [9.17, 15) is 36.2 Å². The number of carboxylic acid groups (broad SMARTS) is 1. The van der Waals surface area contributed by atoms with Crippen LogP contribution in [-0.2, 0) is 28.5 Å². The quantitative estimate of drug-likeness (QED) is 0.133. The van der Waals surface area contributed by atoms with E-state index in [4.69, 9.17) is 13.6 Å². The van der Waals surface area contributed by atoms with E-state index in [1.807, 2.05) is 22.6 Å². The minimum atomic E-state index is -4.43. The van der Waals surface area contributed by atoms with Gasteiger partial charge in [-0.1, -0.05) is 25.0 Å². The van der Waals surface area contributed by atoms with Crippen LogP contribution in [0.4, 0.5) is 26.3 Å². The third-order valence-corrected chi connectivity index (χ3v) is 9.89. The molecule has 272 valence electrons. The van der Waals surface area contributed by atoms with Crippen molar-refractivity contribution in [2.24, 2.45) is 11.3 Å². The zero-order valence-corrected chi connectivity index (χ0v) is 30.4. The molecule has 1 saturated carbocycles. The number of oxazole rings is 2. The molecule has 2 heterocycles. The number of hydrogen-bond acceptors (Lipinski definition) is 6. The summed E-state index contributed by atoms with van der Waals surface area (Å²) < 4.78 is 95.0. The summed E-state index contributed by atoms with van der Waals surface area (Å²) in [4.78, 5) is 19.8. The summed E-state index contributed by atoms with van der Waals surface area (Å²) in [7, 11) is 0. The molecule has 1 fully saturated rings. The van der Waals surface area contributed by atoms with E-state index in [0.717, 1.165) is 50.3 Å². The van der Waals surface area contributed by atoms with Crippen LogP contribution in [0.3, 0.4) is 0 Å². The van der Waals surface area contributed by atoms with Gasteiger partial charge in [-0.15, -0.1) is 0 Å². The molecule has 2 unspecified atom stereocenters. The molecule has 1 N–H and O–H groups in total. The van der Waals surface area contributed by atoms with Crippen molar-refractivity contribution >= 4 is 28.6 Å². The maximum atomic E-state index is 13.0. The van der Waals surface area contributed by atoms with Crippen molar-refractivity contribution in [3.8, 4) is 22.9 Å². The second kappa shape index (κ2) is 15.9. The highest BCUT2D eigenvalue weighted by Gasteiger charge is 2.34. The van der Waals surface area contributed by atoms with Crippen LogP contribution in [0.15, 0.2) is 51.3 Å². The number of carbonyl (C=O) groups is 1. The molecule has 2 aromatic carbocycles. The lowest BCUT2D eigenvalue weighted by Crippen LogP contribution is -2.27. The van der Waals surface area contributed by atoms with Crippen LogP contribution in [0.2, 0.25) is 0 Å². The monoisotopic (exact) mass is 820 g/mol. The Bertz CT molecular complexity index is 1760. The first-order valence-corrected chi connectivity index (χ1v) is 17.1. The largest absolute Gasteiger partial charge is 0.481 e. The molecule has 2 aromatic heterocycles. The molecule has 0 aliphatic heterocycles. The van der Waals surface area contributed by atoms with Gasteiger partial charge in [-0.05, 0) is 125 Å². The third-order valence-electron chi connectivity index (χ3n) is 8.89. The van der Waals surface area contributed by atoms with E-state index in [0.29, 0.717) is 38.8 Å². The zero-order chi connectivity index (χ0) is 37.0. The first-order chi connectivity index (χ1) is 23.3. The van der Waals surface area contributed by atoms with Crippen molar-refractivity contribution < 1.29 is 49.8 Å². The molecule has 0 saturated heterocycles. The maximum absolute atomic E-state index is 13.0. The van der Waals surface area contributed by atoms with E-state index in [-0.39, 0.29) is 35.6 Å². The van der Waals surface area contributed by atoms with Crippen molar-refractivity contribution in [3.05, 3.63) is 80.1 Å². The minimum Gasteiger partial charge on any atom is -0.481 e. The second-order valence-electron chi connectivity index (χ2n) is 13.1. The predicted octanol–water partition coefficient (Wildman–Crippen LogP) is 11.2. The van der Waals surface area contributed by atoms with Crippen molar-refractivity contribution in [2.75, 3.05) is 0 Å². The summed E-state index contributed by atoms with van der Waals surface area (Å²) >= 11 is 1.98. The molecule has 1 aliphatic rings. The van der Waals surface area contributed by atoms with Gasteiger partial charge >= 0.3 is 18.3 Å². The van der Waals surface area contributed by atoms with Gasteiger partial charge in [-0.3, -0.25) is 4.79 Å². The Morgan fingerprint density at radius 2 is 1.62 bits per heavy atom. The van der Waals surface area contributed by atoms with Crippen LogP contribution in [0, 0.1) is 35.8 Å². The summed E-state index contributed by atoms with van der Waals surface area (Å²) in [6.07, 6.45) is -3.38. The van der Waals surface area contributed by atoms with Gasteiger partial charge in [0.05, 0.1) is 29.3 Å². The summed E-state index contributed by atoms with van der Waals surface area (Å²) in [5.74, 6) is 1.13. The SMILES string of the molecule is Cc1oc(-c2cccc(C(F)(F)F)c2)nc1COC1CCCC(CCC(C)(C)C(=O)O)C1.Cc1oc(-c2cccc(C(F)(F)F)c2C)nc1I. The number of aromatic nitrogens is 2. The van der Waals surface area contributed by atoms with Gasteiger partial charge in [0, 0.05) is 11.1 Å². The summed E-state index contributed by atoms with van der Waals surface area (Å²) in [6.45, 7) is 8.60. The summed E-state index contributed by atoms with van der Waals surface area (Å²) in [6, 6.07) is 8.90. The standard InChI is InChI=1S/C24H30F3NO4.C12H9F3INO/c1-15-20(28-21(32-15)17-7-5-8-18(13-17)24(25,26)27)14-31-19-9-4-6-16(12-19)10-11-23(2,3)22(29)30;1-6-8(11-17-10(16)7(2)18-11)4-3-5-9(6)12(13,14)15/h5,7-8,13,16,19H,4,6,9-12,14H2,1-3H3,(H,29,30);3-5H,1-2H3. The number of halogens is 7. The Labute approximate surface area is 300 Å². The summed E-state index contributed by atoms with van der Waals surface area (Å²) in [5, 5.41) is 9.30. The molecule has 7 nitrogen and oxygen atoms in total. The summed E-state index contributed by atoms with van der Waals surface area (Å²) in [5.41, 5.74) is -0.794. The lowest BCUT2D eigenvalue weighted by Gasteiger charge is -2.30. The highest BCUT2D eigenvalue weighted by Crippen LogP contribution is 2.37.